The number of urea groups is 1. The van der Waals surface area contributed by atoms with E-state index in [1.807, 2.05) is 55.6 Å². The molecule has 2 aromatic carbocycles. The zero-order chi connectivity index (χ0) is 46.3. The molecule has 66 heavy (non-hydrogen) atoms. The molecule has 3 fully saturated rings. The van der Waals surface area contributed by atoms with Gasteiger partial charge in [0.1, 0.15) is 17.4 Å². The molecule has 1 atom stereocenters. The Kier molecular flexibility index (Phi) is 12.0. The van der Waals surface area contributed by atoms with Crippen LogP contribution in [0.2, 0.25) is 0 Å². The minimum Gasteiger partial charge on any atom is -0.372 e. The third kappa shape index (κ3) is 9.03. The van der Waals surface area contributed by atoms with Gasteiger partial charge in [-0.05, 0) is 106 Å². The first-order valence-electron chi connectivity index (χ1n) is 22.2. The number of halogens is 3. The van der Waals surface area contributed by atoms with Crippen LogP contribution in [0.25, 0.3) is 33.7 Å². The van der Waals surface area contributed by atoms with Crippen molar-refractivity contribution in [1.29, 1.82) is 0 Å². The highest BCUT2D eigenvalue weighted by Gasteiger charge is 2.53. The van der Waals surface area contributed by atoms with Crippen molar-refractivity contribution >= 4 is 45.9 Å². The molecule has 0 radical (unpaired) electrons. The summed E-state index contributed by atoms with van der Waals surface area (Å²) in [7, 11) is 0. The first-order valence-corrected chi connectivity index (χ1v) is 22.2. The number of amides is 4. The van der Waals surface area contributed by atoms with Crippen molar-refractivity contribution in [3.05, 3.63) is 96.0 Å². The minimum absolute atomic E-state index is 0.233. The normalized spacial score (nSPS) is 17.3. The van der Waals surface area contributed by atoms with Gasteiger partial charge in [-0.15, -0.1) is 0 Å². The quantitative estimate of drug-likeness (QED) is 0.119. The number of rotatable bonds is 11. The zero-order valence-electron chi connectivity index (χ0n) is 37.2. The molecule has 0 saturated carbocycles. The molecular formula is C47H51F3N12O4. The molecule has 344 valence electrons. The van der Waals surface area contributed by atoms with Gasteiger partial charge in [0.2, 0.25) is 11.8 Å². The first-order chi connectivity index (χ1) is 31.6. The molecular weight excluding hydrogens is 854 g/mol. The summed E-state index contributed by atoms with van der Waals surface area (Å²) in [6.45, 7) is 12.8. The maximum absolute atomic E-state index is 13.5. The van der Waals surface area contributed by atoms with Gasteiger partial charge in [-0.2, -0.15) is 18.2 Å². The van der Waals surface area contributed by atoms with Crippen molar-refractivity contribution in [2.75, 3.05) is 67.1 Å². The monoisotopic (exact) mass is 904 g/mol. The molecule has 4 amide bonds. The molecule has 4 aromatic heterocycles. The zero-order valence-corrected chi connectivity index (χ0v) is 37.2. The van der Waals surface area contributed by atoms with E-state index in [0.29, 0.717) is 24.5 Å². The highest BCUT2D eigenvalue weighted by atomic mass is 19.4. The molecule has 0 spiro atoms. The highest BCUT2D eigenvalue weighted by Crippen LogP contribution is 2.40. The number of benzene rings is 2. The van der Waals surface area contributed by atoms with E-state index < -0.39 is 35.3 Å². The maximum Gasteiger partial charge on any atom is 0.402 e. The SMILES string of the molecule is Cc1cc(-c2ncnc3[nH]c(-c4ccc(N5CCN(CC6CCN(c7ccc(N8CCC(=O)NC8=O)cc7)CC6)CC5)cn4)cc23)ccc1C(C)NC(=O)c1noc(C(C)(C)C(F)(F)F)n1. The number of H-pyrrole nitrogens is 1. The number of aromatic nitrogens is 6. The lowest BCUT2D eigenvalue weighted by Gasteiger charge is -2.40. The molecule has 0 aliphatic carbocycles. The molecule has 3 aliphatic heterocycles. The highest BCUT2D eigenvalue weighted by molar-refractivity contribution is 6.05. The number of hydrogen-bond acceptors (Lipinski definition) is 12. The number of fused-ring (bicyclic) bond motifs is 1. The fraction of sp³-hybridized carbons (Fsp3) is 0.404. The maximum atomic E-state index is 13.5. The summed E-state index contributed by atoms with van der Waals surface area (Å²) in [6, 6.07) is 19.1. The Hall–Kier alpha value is -6.89. The summed E-state index contributed by atoms with van der Waals surface area (Å²) in [5, 5.41) is 9.47. The average molecular weight is 905 g/mol. The lowest BCUT2D eigenvalue weighted by atomic mass is 9.93. The molecule has 1 unspecified atom stereocenters. The topological polar surface area (TPSA) is 182 Å². The fourth-order valence-electron chi connectivity index (χ4n) is 8.96. The second kappa shape index (κ2) is 17.8. The first kappa shape index (κ1) is 44.3. The molecule has 0 bridgehead atoms. The van der Waals surface area contributed by atoms with E-state index in [1.165, 1.54) is 6.33 Å². The number of alkyl halides is 3. The van der Waals surface area contributed by atoms with Crippen molar-refractivity contribution in [2.45, 2.75) is 64.6 Å². The standard InChI is InChI=1S/C47H51F3N12O4/c1-28-23-31(5-11-35(28)29(2)54-43(64)42-57-44(66-58-42)46(3,4)47(48,49)50)40-36-24-38(55-41(36)53-27-52-40)37-12-10-34(25-51-37)61-21-19-59(20-22-61)26-30-13-16-60(17-14-30)32-6-8-33(9-7-32)62-18-15-39(63)56-45(62)65/h5-12,23-25,27,29-30H,13-22,26H2,1-4H3,(H,54,64)(H,52,53,55)(H,56,63,65). The van der Waals surface area contributed by atoms with Crippen LogP contribution in [0, 0.1) is 12.8 Å². The van der Waals surface area contributed by atoms with Gasteiger partial charge < -0.3 is 24.6 Å². The lowest BCUT2D eigenvalue weighted by molar-refractivity contribution is -0.186. The summed E-state index contributed by atoms with van der Waals surface area (Å²) >= 11 is 0. The fourth-order valence-corrected chi connectivity index (χ4v) is 8.96. The summed E-state index contributed by atoms with van der Waals surface area (Å²) < 4.78 is 45.3. The van der Waals surface area contributed by atoms with E-state index in [2.05, 4.69) is 68.6 Å². The van der Waals surface area contributed by atoms with Crippen molar-refractivity contribution in [2.24, 2.45) is 5.92 Å². The number of imide groups is 1. The predicted octanol–water partition coefficient (Wildman–Crippen LogP) is 7.19. The molecule has 3 N–H and O–H groups in total. The van der Waals surface area contributed by atoms with Crippen molar-refractivity contribution in [1.82, 2.24) is 45.6 Å². The molecule has 7 heterocycles. The molecule has 9 rings (SSSR count). The van der Waals surface area contributed by atoms with Crippen molar-refractivity contribution in [3.8, 4) is 22.6 Å². The number of carbonyl (C=O) groups is 3. The van der Waals surface area contributed by atoms with Gasteiger partial charge in [-0.3, -0.25) is 29.7 Å². The van der Waals surface area contributed by atoms with Crippen LogP contribution >= 0.6 is 0 Å². The van der Waals surface area contributed by atoms with Crippen LogP contribution < -0.4 is 25.3 Å². The number of nitrogens with zero attached hydrogens (tertiary/aromatic N) is 9. The Morgan fingerprint density at radius 2 is 1.59 bits per heavy atom. The second-order valence-corrected chi connectivity index (χ2v) is 17.9. The summed E-state index contributed by atoms with van der Waals surface area (Å²) in [5.41, 5.74) is 6.09. The van der Waals surface area contributed by atoms with Gasteiger partial charge in [0, 0.05) is 81.1 Å². The van der Waals surface area contributed by atoms with Crippen molar-refractivity contribution < 1.29 is 32.1 Å². The summed E-state index contributed by atoms with van der Waals surface area (Å²) in [5.74, 6) is -1.51. The van der Waals surface area contributed by atoms with Crippen LogP contribution in [-0.2, 0) is 10.2 Å². The van der Waals surface area contributed by atoms with Gasteiger partial charge in [0.25, 0.3) is 11.7 Å². The van der Waals surface area contributed by atoms with Gasteiger partial charge in [0.15, 0.2) is 0 Å². The van der Waals surface area contributed by atoms with Crippen molar-refractivity contribution in [3.63, 3.8) is 0 Å². The van der Waals surface area contributed by atoms with E-state index in [0.717, 1.165) is 129 Å². The van der Waals surface area contributed by atoms with Crippen LogP contribution in [0.15, 0.2) is 77.7 Å². The van der Waals surface area contributed by atoms with Crippen LogP contribution in [0.1, 0.15) is 73.7 Å². The van der Waals surface area contributed by atoms with E-state index >= 15 is 0 Å². The van der Waals surface area contributed by atoms with Gasteiger partial charge in [-0.25, -0.2) is 14.8 Å². The number of hydrogen-bond donors (Lipinski definition) is 3. The predicted molar refractivity (Wildman–Crippen MR) is 242 cm³/mol. The third-order valence-corrected chi connectivity index (χ3v) is 13.1. The van der Waals surface area contributed by atoms with Gasteiger partial charge >= 0.3 is 12.2 Å². The van der Waals surface area contributed by atoms with Crippen LogP contribution in [0.4, 0.5) is 35.0 Å². The Labute approximate surface area is 379 Å². The lowest BCUT2D eigenvalue weighted by Crippen LogP contribution is -2.49. The number of nitrogens with one attached hydrogen (secondary N) is 3. The Morgan fingerprint density at radius 3 is 2.27 bits per heavy atom. The molecule has 6 aromatic rings. The number of aromatic amines is 1. The van der Waals surface area contributed by atoms with E-state index in [-0.39, 0.29) is 11.9 Å². The Balaban J connectivity index is 0.769. The molecule has 19 heteroatoms. The molecule has 3 aliphatic rings. The van der Waals surface area contributed by atoms with E-state index in [4.69, 9.17) is 9.51 Å². The molecule has 3 saturated heterocycles. The largest absolute Gasteiger partial charge is 0.402 e. The summed E-state index contributed by atoms with van der Waals surface area (Å²) in [6.07, 6.45) is 1.36. The van der Waals surface area contributed by atoms with Crippen LogP contribution in [-0.4, -0.2) is 111 Å². The second-order valence-electron chi connectivity index (χ2n) is 17.9. The van der Waals surface area contributed by atoms with Gasteiger partial charge in [0.05, 0.1) is 35.0 Å². The number of pyridine rings is 1. The number of piperidine rings is 1. The summed E-state index contributed by atoms with van der Waals surface area (Å²) in [4.78, 5) is 66.8. The number of piperazine rings is 1. The minimum atomic E-state index is -4.64. The number of anilines is 3. The number of carbonyl (C=O) groups excluding carboxylic acids is 3. The Morgan fingerprint density at radius 1 is 0.879 bits per heavy atom. The van der Waals surface area contributed by atoms with Crippen LogP contribution in [0.3, 0.4) is 0 Å². The third-order valence-electron chi connectivity index (χ3n) is 13.1. The average Bonchev–Trinajstić information content (AvgIpc) is 3.99. The number of aryl methyl sites for hydroxylation is 1. The van der Waals surface area contributed by atoms with E-state index in [1.54, 1.807) is 11.8 Å². The van der Waals surface area contributed by atoms with E-state index in [9.17, 15) is 27.6 Å². The Bertz CT molecular complexity index is 2740. The smallest absolute Gasteiger partial charge is 0.372 e. The molecule has 16 nitrogen and oxygen atoms in total. The van der Waals surface area contributed by atoms with Crippen LogP contribution in [0.5, 0.6) is 0 Å². The van der Waals surface area contributed by atoms with Gasteiger partial charge in [-0.1, -0.05) is 17.3 Å².